The average molecular weight is 227 g/mol. The van der Waals surface area contributed by atoms with E-state index in [9.17, 15) is 9.90 Å². The molecule has 16 heavy (non-hydrogen) atoms. The third-order valence-corrected chi connectivity index (χ3v) is 4.16. The van der Waals surface area contributed by atoms with Gasteiger partial charge in [0.15, 0.2) is 0 Å². The molecule has 2 bridgehead atoms. The molecule has 4 atom stereocenters. The summed E-state index contributed by atoms with van der Waals surface area (Å²) < 4.78 is 5.24. The van der Waals surface area contributed by atoms with E-state index in [2.05, 4.69) is 11.8 Å². The molecule has 0 radical (unpaired) electrons. The number of hydrogen-bond donors (Lipinski definition) is 1. The largest absolute Gasteiger partial charge is 0.481 e. The lowest BCUT2D eigenvalue weighted by atomic mass is 9.89. The number of fused-ring (bicyclic) bond motifs is 2. The second-order valence-electron chi connectivity index (χ2n) is 4.94. The molecule has 0 saturated carbocycles. The Balaban J connectivity index is 2.08. The zero-order chi connectivity index (χ0) is 11.7. The maximum absolute atomic E-state index is 11.1. The fraction of sp³-hybridized carbons (Fsp3) is 0.917. The molecule has 0 aliphatic carbocycles. The van der Waals surface area contributed by atoms with Crippen LogP contribution in [0, 0.1) is 5.92 Å². The predicted octanol–water partition coefficient (Wildman–Crippen LogP) is 1.35. The Bertz CT molecular complexity index is 269. The number of ether oxygens (including phenoxy) is 1. The summed E-state index contributed by atoms with van der Waals surface area (Å²) in [4.78, 5) is 13.6. The van der Waals surface area contributed by atoms with Crippen molar-refractivity contribution in [3.8, 4) is 0 Å². The van der Waals surface area contributed by atoms with Crippen LogP contribution in [-0.2, 0) is 9.53 Å². The van der Waals surface area contributed by atoms with Crippen LogP contribution in [0.2, 0.25) is 0 Å². The maximum atomic E-state index is 11.1. The van der Waals surface area contributed by atoms with Crippen molar-refractivity contribution in [2.45, 2.75) is 50.7 Å². The van der Waals surface area contributed by atoms with Crippen LogP contribution >= 0.6 is 0 Å². The van der Waals surface area contributed by atoms with E-state index in [-0.39, 0.29) is 12.0 Å². The Hall–Kier alpha value is -0.610. The van der Waals surface area contributed by atoms with E-state index >= 15 is 0 Å². The summed E-state index contributed by atoms with van der Waals surface area (Å²) >= 11 is 0. The van der Waals surface area contributed by atoms with Gasteiger partial charge in [0.05, 0.1) is 12.5 Å². The Morgan fingerprint density at radius 1 is 1.56 bits per heavy atom. The summed E-state index contributed by atoms with van der Waals surface area (Å²) in [5.41, 5.74) is 0. The van der Waals surface area contributed by atoms with Gasteiger partial charge in [0.2, 0.25) is 0 Å². The van der Waals surface area contributed by atoms with Gasteiger partial charge >= 0.3 is 5.97 Å². The van der Waals surface area contributed by atoms with Crippen LogP contribution < -0.4 is 0 Å². The highest BCUT2D eigenvalue weighted by atomic mass is 16.5. The standard InChI is InChI=1S/C12H21NO3/c1-3-8(7-16-2)13-9-4-5-11(13)10(6-9)12(14)15/h8-11H,3-7H2,1-2H3,(H,14,15). The Morgan fingerprint density at radius 2 is 2.31 bits per heavy atom. The third-order valence-electron chi connectivity index (χ3n) is 4.16. The number of nitrogens with zero attached hydrogens (tertiary/aromatic N) is 1. The lowest BCUT2D eigenvalue weighted by Crippen LogP contribution is -2.43. The van der Waals surface area contributed by atoms with Crippen molar-refractivity contribution in [1.29, 1.82) is 0 Å². The zero-order valence-corrected chi connectivity index (χ0v) is 10.1. The molecular weight excluding hydrogens is 206 g/mol. The van der Waals surface area contributed by atoms with Gasteiger partial charge in [-0.25, -0.2) is 0 Å². The highest BCUT2D eigenvalue weighted by Crippen LogP contribution is 2.43. The lowest BCUT2D eigenvalue weighted by molar-refractivity contribution is -0.142. The van der Waals surface area contributed by atoms with Gasteiger partial charge in [0, 0.05) is 25.2 Å². The van der Waals surface area contributed by atoms with Crippen LogP contribution in [0.1, 0.15) is 32.6 Å². The van der Waals surface area contributed by atoms with Gasteiger partial charge in [-0.2, -0.15) is 0 Å². The molecule has 1 N–H and O–H groups in total. The van der Waals surface area contributed by atoms with Gasteiger partial charge < -0.3 is 9.84 Å². The van der Waals surface area contributed by atoms with Crippen LogP contribution in [0.5, 0.6) is 0 Å². The van der Waals surface area contributed by atoms with Crippen molar-refractivity contribution >= 4 is 5.97 Å². The monoisotopic (exact) mass is 227 g/mol. The molecule has 0 aromatic heterocycles. The number of carboxylic acids is 1. The van der Waals surface area contributed by atoms with Crippen molar-refractivity contribution in [3.05, 3.63) is 0 Å². The molecule has 2 aliphatic heterocycles. The summed E-state index contributed by atoms with van der Waals surface area (Å²) in [6.07, 6.45) is 4.07. The third kappa shape index (κ3) is 1.84. The van der Waals surface area contributed by atoms with Crippen molar-refractivity contribution in [2.24, 2.45) is 5.92 Å². The highest BCUT2D eigenvalue weighted by molar-refractivity contribution is 5.71. The molecule has 2 fully saturated rings. The first-order valence-corrected chi connectivity index (χ1v) is 6.18. The molecule has 4 nitrogen and oxygen atoms in total. The normalized spacial score (nSPS) is 35.5. The number of rotatable bonds is 5. The Morgan fingerprint density at radius 3 is 2.81 bits per heavy atom. The molecule has 0 spiro atoms. The summed E-state index contributed by atoms with van der Waals surface area (Å²) in [5, 5.41) is 9.18. The van der Waals surface area contributed by atoms with Gasteiger partial charge in [-0.3, -0.25) is 9.69 Å². The first-order valence-electron chi connectivity index (χ1n) is 6.18. The van der Waals surface area contributed by atoms with Gasteiger partial charge in [-0.1, -0.05) is 6.92 Å². The van der Waals surface area contributed by atoms with Crippen LogP contribution in [0.3, 0.4) is 0 Å². The summed E-state index contributed by atoms with van der Waals surface area (Å²) in [6.45, 7) is 2.87. The number of carboxylic acid groups (broad SMARTS) is 1. The van der Waals surface area contributed by atoms with E-state index in [0.29, 0.717) is 12.1 Å². The van der Waals surface area contributed by atoms with E-state index in [1.165, 1.54) is 0 Å². The van der Waals surface area contributed by atoms with Crippen molar-refractivity contribution < 1.29 is 14.6 Å². The Kier molecular flexibility index (Phi) is 3.50. The van der Waals surface area contributed by atoms with Gasteiger partial charge in [0.25, 0.3) is 0 Å². The van der Waals surface area contributed by atoms with Crippen LogP contribution in [-0.4, -0.2) is 47.8 Å². The number of carbonyl (C=O) groups is 1. The molecule has 0 aromatic carbocycles. The smallest absolute Gasteiger partial charge is 0.308 e. The Labute approximate surface area is 96.6 Å². The van der Waals surface area contributed by atoms with E-state index < -0.39 is 5.97 Å². The summed E-state index contributed by atoms with van der Waals surface area (Å²) in [6, 6.07) is 1.13. The zero-order valence-electron chi connectivity index (χ0n) is 10.1. The lowest BCUT2D eigenvalue weighted by Gasteiger charge is -2.31. The highest BCUT2D eigenvalue weighted by Gasteiger charge is 2.51. The fourth-order valence-corrected chi connectivity index (χ4v) is 3.47. The maximum Gasteiger partial charge on any atom is 0.308 e. The first-order chi connectivity index (χ1) is 7.69. The quantitative estimate of drug-likeness (QED) is 0.770. The second-order valence-corrected chi connectivity index (χ2v) is 4.94. The van der Waals surface area contributed by atoms with Crippen LogP contribution in [0.25, 0.3) is 0 Å². The molecule has 2 rings (SSSR count). The molecule has 0 amide bonds. The minimum Gasteiger partial charge on any atom is -0.481 e. The number of hydrogen-bond acceptors (Lipinski definition) is 3. The predicted molar refractivity (Wildman–Crippen MR) is 60.3 cm³/mol. The fourth-order valence-electron chi connectivity index (χ4n) is 3.47. The van der Waals surface area contributed by atoms with Crippen molar-refractivity contribution in [1.82, 2.24) is 4.90 Å². The second kappa shape index (κ2) is 4.72. The minimum atomic E-state index is -0.621. The number of methoxy groups -OCH3 is 1. The van der Waals surface area contributed by atoms with Crippen LogP contribution in [0.15, 0.2) is 0 Å². The summed E-state index contributed by atoms with van der Waals surface area (Å²) in [5.74, 6) is -0.769. The van der Waals surface area contributed by atoms with E-state index in [4.69, 9.17) is 4.74 Å². The summed E-state index contributed by atoms with van der Waals surface area (Å²) in [7, 11) is 1.72. The molecule has 4 unspecified atom stereocenters. The van der Waals surface area contributed by atoms with Gasteiger partial charge in [-0.05, 0) is 25.7 Å². The van der Waals surface area contributed by atoms with E-state index in [1.54, 1.807) is 7.11 Å². The molecular formula is C12H21NO3. The van der Waals surface area contributed by atoms with E-state index in [0.717, 1.165) is 32.3 Å². The SMILES string of the molecule is CCC(COC)N1C2CCC1C(C(=O)O)C2. The molecule has 4 heteroatoms. The topological polar surface area (TPSA) is 49.8 Å². The molecule has 2 heterocycles. The average Bonchev–Trinajstić information content (AvgIpc) is 2.83. The first kappa shape index (κ1) is 11.9. The molecule has 92 valence electrons. The van der Waals surface area contributed by atoms with E-state index in [1.807, 2.05) is 0 Å². The van der Waals surface area contributed by atoms with Crippen molar-refractivity contribution in [2.75, 3.05) is 13.7 Å². The molecule has 2 aliphatic rings. The van der Waals surface area contributed by atoms with Gasteiger partial charge in [-0.15, -0.1) is 0 Å². The van der Waals surface area contributed by atoms with Crippen molar-refractivity contribution in [3.63, 3.8) is 0 Å². The minimum absolute atomic E-state index is 0.148. The molecule has 2 saturated heterocycles. The number of aliphatic carboxylic acids is 1. The van der Waals surface area contributed by atoms with Crippen LogP contribution in [0.4, 0.5) is 0 Å². The van der Waals surface area contributed by atoms with Gasteiger partial charge in [0.1, 0.15) is 0 Å². The molecule has 0 aromatic rings.